The highest BCUT2D eigenvalue weighted by atomic mass is 32.1. The van der Waals surface area contributed by atoms with Gasteiger partial charge in [-0.3, -0.25) is 4.79 Å². The zero-order valence-electron chi connectivity index (χ0n) is 11.6. The van der Waals surface area contributed by atoms with E-state index >= 15 is 0 Å². The van der Waals surface area contributed by atoms with Crippen molar-refractivity contribution < 1.29 is 4.42 Å². The number of thiazole rings is 1. The Bertz CT molecular complexity index is 818. The quantitative estimate of drug-likeness (QED) is 0.804. The lowest BCUT2D eigenvalue weighted by Crippen LogP contribution is -2.23. The summed E-state index contributed by atoms with van der Waals surface area (Å²) in [6, 6.07) is 6.77. The maximum Gasteiger partial charge on any atom is 0.267 e. The average Bonchev–Trinajstić information content (AvgIpc) is 3.07. The van der Waals surface area contributed by atoms with Crippen molar-refractivity contribution in [3.05, 3.63) is 40.9 Å². The third-order valence-electron chi connectivity index (χ3n) is 2.95. The van der Waals surface area contributed by atoms with E-state index < -0.39 is 0 Å². The number of hydrogen-bond donors (Lipinski definition) is 1. The van der Waals surface area contributed by atoms with Crippen molar-refractivity contribution in [3.8, 4) is 22.0 Å². The molecule has 6 nitrogen and oxygen atoms in total. The molecule has 0 unspecified atom stereocenters. The predicted molar refractivity (Wildman–Crippen MR) is 82.1 cm³/mol. The fourth-order valence-corrected chi connectivity index (χ4v) is 2.81. The molecule has 3 aromatic rings. The third-order valence-corrected chi connectivity index (χ3v) is 3.85. The summed E-state index contributed by atoms with van der Waals surface area (Å²) in [5, 5.41) is 4.83. The Labute approximate surface area is 124 Å². The van der Waals surface area contributed by atoms with Crippen molar-refractivity contribution in [3.63, 3.8) is 0 Å². The molecular formula is C14H14N4O2S. The van der Waals surface area contributed by atoms with Gasteiger partial charge in [-0.25, -0.2) is 9.67 Å². The first kappa shape index (κ1) is 13.6. The minimum Gasteiger partial charge on any atom is -0.463 e. The molecular weight excluding hydrogens is 288 g/mol. The number of rotatable bonds is 3. The fourth-order valence-electron chi connectivity index (χ4n) is 2.01. The van der Waals surface area contributed by atoms with Crippen LogP contribution < -0.4 is 11.3 Å². The summed E-state index contributed by atoms with van der Waals surface area (Å²) in [4.78, 5) is 16.9. The Morgan fingerprint density at radius 1 is 1.33 bits per heavy atom. The molecule has 3 aromatic heterocycles. The van der Waals surface area contributed by atoms with E-state index in [-0.39, 0.29) is 11.6 Å². The second-order valence-corrected chi connectivity index (χ2v) is 5.83. The summed E-state index contributed by atoms with van der Waals surface area (Å²) < 4.78 is 6.83. The van der Waals surface area contributed by atoms with Crippen molar-refractivity contribution in [1.82, 2.24) is 14.8 Å². The van der Waals surface area contributed by atoms with Crippen LogP contribution >= 0.6 is 11.3 Å². The first-order chi connectivity index (χ1) is 10.1. The van der Waals surface area contributed by atoms with Crippen LogP contribution in [0.3, 0.4) is 0 Å². The van der Waals surface area contributed by atoms with Crippen LogP contribution in [0.5, 0.6) is 0 Å². The molecule has 0 bridgehead atoms. The van der Waals surface area contributed by atoms with Gasteiger partial charge < -0.3 is 10.2 Å². The standard InChI is InChI=1S/C14H14N4O2S/c1-8(2)18-11(19)6-5-9(17-18)13-12(16-14(15)21-13)10-4-3-7-20-10/h3-8H,1-2H3,(H2,15,16). The summed E-state index contributed by atoms with van der Waals surface area (Å²) in [5.41, 5.74) is 6.99. The lowest BCUT2D eigenvalue weighted by atomic mass is 10.2. The van der Waals surface area contributed by atoms with Crippen molar-refractivity contribution in [2.75, 3.05) is 5.73 Å². The average molecular weight is 302 g/mol. The van der Waals surface area contributed by atoms with Gasteiger partial charge in [-0.15, -0.1) is 0 Å². The van der Waals surface area contributed by atoms with Crippen LogP contribution in [0.2, 0.25) is 0 Å². The molecule has 0 fully saturated rings. The van der Waals surface area contributed by atoms with Gasteiger partial charge >= 0.3 is 0 Å². The topological polar surface area (TPSA) is 86.9 Å². The molecule has 0 amide bonds. The molecule has 0 aromatic carbocycles. The van der Waals surface area contributed by atoms with Gasteiger partial charge in [0.25, 0.3) is 5.56 Å². The van der Waals surface area contributed by atoms with Crippen LogP contribution in [-0.2, 0) is 0 Å². The van der Waals surface area contributed by atoms with E-state index in [2.05, 4.69) is 10.1 Å². The summed E-state index contributed by atoms with van der Waals surface area (Å²) >= 11 is 1.32. The lowest BCUT2D eigenvalue weighted by molar-refractivity contribution is 0.505. The van der Waals surface area contributed by atoms with Crippen LogP contribution in [0.1, 0.15) is 19.9 Å². The van der Waals surface area contributed by atoms with Crippen LogP contribution in [-0.4, -0.2) is 14.8 Å². The number of anilines is 1. The van der Waals surface area contributed by atoms with E-state index in [4.69, 9.17) is 10.2 Å². The van der Waals surface area contributed by atoms with E-state index in [1.807, 2.05) is 19.9 Å². The van der Waals surface area contributed by atoms with Gasteiger partial charge in [-0.05, 0) is 32.0 Å². The van der Waals surface area contributed by atoms with Crippen molar-refractivity contribution in [1.29, 1.82) is 0 Å². The molecule has 0 atom stereocenters. The molecule has 3 rings (SSSR count). The Hall–Kier alpha value is -2.41. The zero-order valence-corrected chi connectivity index (χ0v) is 12.4. The van der Waals surface area contributed by atoms with Gasteiger partial charge in [-0.2, -0.15) is 5.10 Å². The van der Waals surface area contributed by atoms with E-state index in [0.717, 1.165) is 4.88 Å². The van der Waals surface area contributed by atoms with Crippen LogP contribution in [0.25, 0.3) is 22.0 Å². The maximum absolute atomic E-state index is 11.8. The summed E-state index contributed by atoms with van der Waals surface area (Å²) in [6.45, 7) is 3.82. The molecule has 7 heteroatoms. The highest BCUT2D eigenvalue weighted by Crippen LogP contribution is 2.36. The fraction of sp³-hybridized carbons (Fsp3) is 0.214. The molecule has 21 heavy (non-hydrogen) atoms. The van der Waals surface area contributed by atoms with E-state index in [1.54, 1.807) is 18.4 Å². The van der Waals surface area contributed by atoms with Crippen LogP contribution in [0, 0.1) is 0 Å². The molecule has 0 spiro atoms. The molecule has 0 aliphatic rings. The van der Waals surface area contributed by atoms with Gasteiger partial charge in [0.1, 0.15) is 11.4 Å². The summed E-state index contributed by atoms with van der Waals surface area (Å²) in [6.07, 6.45) is 1.58. The van der Waals surface area contributed by atoms with Gasteiger partial charge in [0, 0.05) is 6.07 Å². The predicted octanol–water partition coefficient (Wildman–Crippen LogP) is 2.79. The molecule has 0 saturated carbocycles. The van der Waals surface area contributed by atoms with E-state index in [0.29, 0.717) is 22.3 Å². The molecule has 3 heterocycles. The second-order valence-electron chi connectivity index (χ2n) is 4.80. The zero-order chi connectivity index (χ0) is 15.0. The summed E-state index contributed by atoms with van der Waals surface area (Å²) in [5.74, 6) is 0.627. The molecule has 0 aliphatic heterocycles. The smallest absolute Gasteiger partial charge is 0.267 e. The third kappa shape index (κ3) is 2.47. The Balaban J connectivity index is 2.18. The highest BCUT2D eigenvalue weighted by molar-refractivity contribution is 7.19. The van der Waals surface area contributed by atoms with Gasteiger partial charge in [-0.1, -0.05) is 11.3 Å². The Kier molecular flexibility index (Phi) is 3.34. The highest BCUT2D eigenvalue weighted by Gasteiger charge is 2.18. The van der Waals surface area contributed by atoms with Crippen molar-refractivity contribution in [2.24, 2.45) is 0 Å². The Morgan fingerprint density at radius 3 is 2.81 bits per heavy atom. The monoisotopic (exact) mass is 302 g/mol. The second kappa shape index (κ2) is 5.17. The first-order valence-electron chi connectivity index (χ1n) is 6.46. The maximum atomic E-state index is 11.8. The minimum absolute atomic E-state index is 0.0187. The lowest BCUT2D eigenvalue weighted by Gasteiger charge is -2.09. The summed E-state index contributed by atoms with van der Waals surface area (Å²) in [7, 11) is 0. The minimum atomic E-state index is -0.134. The van der Waals surface area contributed by atoms with E-state index in [9.17, 15) is 4.79 Å². The number of aromatic nitrogens is 3. The first-order valence-corrected chi connectivity index (χ1v) is 7.28. The Morgan fingerprint density at radius 2 is 2.14 bits per heavy atom. The van der Waals surface area contributed by atoms with Crippen LogP contribution in [0.15, 0.2) is 39.7 Å². The molecule has 0 radical (unpaired) electrons. The number of nitrogens with two attached hydrogens (primary N) is 1. The van der Waals surface area contributed by atoms with Gasteiger partial charge in [0.15, 0.2) is 10.9 Å². The van der Waals surface area contributed by atoms with Gasteiger partial charge in [0.05, 0.1) is 17.2 Å². The number of nitrogens with zero attached hydrogens (tertiary/aromatic N) is 3. The molecule has 2 N–H and O–H groups in total. The molecule has 108 valence electrons. The molecule has 0 saturated heterocycles. The van der Waals surface area contributed by atoms with Gasteiger partial charge in [0.2, 0.25) is 0 Å². The normalized spacial score (nSPS) is 11.2. The van der Waals surface area contributed by atoms with Crippen molar-refractivity contribution in [2.45, 2.75) is 19.9 Å². The number of nitrogen functional groups attached to an aromatic ring is 1. The SMILES string of the molecule is CC(C)n1nc(-c2sc(N)nc2-c2ccco2)ccc1=O. The number of hydrogen-bond acceptors (Lipinski definition) is 6. The van der Waals surface area contributed by atoms with E-state index in [1.165, 1.54) is 22.1 Å². The molecule has 0 aliphatic carbocycles. The number of furan rings is 1. The largest absolute Gasteiger partial charge is 0.463 e. The van der Waals surface area contributed by atoms with Crippen LogP contribution in [0.4, 0.5) is 5.13 Å². The van der Waals surface area contributed by atoms with Crippen molar-refractivity contribution >= 4 is 16.5 Å².